The minimum absolute atomic E-state index is 0.542. The summed E-state index contributed by atoms with van der Waals surface area (Å²) in [6.45, 7) is 8.94. The fourth-order valence-corrected chi connectivity index (χ4v) is 0.205. The Hall–Kier alpha value is -0.990. The van der Waals surface area contributed by atoms with Gasteiger partial charge >= 0.3 is 0 Å². The second-order valence-corrected chi connectivity index (χ2v) is 3.73. The summed E-state index contributed by atoms with van der Waals surface area (Å²) in [6, 6.07) is 1.72. The molecule has 0 aliphatic rings. The van der Waals surface area contributed by atoms with Crippen molar-refractivity contribution in [2.75, 3.05) is 0 Å². The largest absolute Gasteiger partial charge is 0.139 e. The minimum Gasteiger partial charge on any atom is -0.139 e. The molecule has 0 N–H and O–H groups in total. The van der Waals surface area contributed by atoms with Crippen LogP contribution in [-0.4, -0.2) is 15.4 Å². The van der Waals surface area contributed by atoms with Gasteiger partial charge in [-0.25, -0.2) is 0 Å². The smallest absolute Gasteiger partial charge is 0.0529 e. The van der Waals surface area contributed by atoms with Crippen molar-refractivity contribution in [3.05, 3.63) is 18.5 Å². The van der Waals surface area contributed by atoms with Crippen LogP contribution in [0.1, 0.15) is 34.1 Å². The average Bonchev–Trinajstić information content (AvgIpc) is 2.07. The molecule has 0 aromatic carbocycles. The summed E-state index contributed by atoms with van der Waals surface area (Å²) < 4.78 is 0. The summed E-state index contributed by atoms with van der Waals surface area (Å²) in [6.07, 6.45) is 4.42. The third kappa shape index (κ3) is 9.01. The maximum atomic E-state index is 3.42. The van der Waals surface area contributed by atoms with Gasteiger partial charge in [-0.1, -0.05) is 34.1 Å². The number of rotatable bonds is 0. The van der Waals surface area contributed by atoms with E-state index in [1.165, 1.54) is 6.42 Å². The molecule has 0 fully saturated rings. The zero-order chi connectivity index (χ0) is 9.45. The average molecular weight is 167 g/mol. The standard InChI is InChI=1S/C6H14.C3H3N3/c1-5-6(2,3)4;1-2-4-6-5-3-1/h5H2,1-4H3;1-3H. The molecule has 3 heteroatoms. The molecule has 0 saturated carbocycles. The van der Waals surface area contributed by atoms with Crippen molar-refractivity contribution in [3.8, 4) is 0 Å². The van der Waals surface area contributed by atoms with Gasteiger partial charge in [0.2, 0.25) is 0 Å². The van der Waals surface area contributed by atoms with Crippen molar-refractivity contribution in [1.82, 2.24) is 15.4 Å². The number of nitrogens with zero attached hydrogens (tertiary/aromatic N) is 3. The van der Waals surface area contributed by atoms with Crippen LogP contribution >= 0.6 is 0 Å². The van der Waals surface area contributed by atoms with Crippen molar-refractivity contribution in [2.24, 2.45) is 5.41 Å². The lowest BCUT2D eigenvalue weighted by atomic mass is 9.94. The zero-order valence-electron chi connectivity index (χ0n) is 8.28. The first kappa shape index (κ1) is 11.0. The minimum atomic E-state index is 0.542. The third-order valence-corrected chi connectivity index (χ3v) is 1.47. The normalized spacial score (nSPS) is 10.0. The van der Waals surface area contributed by atoms with Gasteiger partial charge < -0.3 is 0 Å². The molecule has 0 atom stereocenters. The molecule has 0 spiro atoms. The molecular weight excluding hydrogens is 150 g/mol. The summed E-state index contributed by atoms with van der Waals surface area (Å²) in [5.41, 5.74) is 0.542. The van der Waals surface area contributed by atoms with Crippen molar-refractivity contribution in [2.45, 2.75) is 34.1 Å². The Bertz CT molecular complexity index is 152. The summed E-state index contributed by atoms with van der Waals surface area (Å²) in [4.78, 5) is 0. The van der Waals surface area contributed by atoms with Gasteiger partial charge in [0, 0.05) is 0 Å². The van der Waals surface area contributed by atoms with Gasteiger partial charge in [0.1, 0.15) is 0 Å². The van der Waals surface area contributed by atoms with Crippen LogP contribution < -0.4 is 0 Å². The van der Waals surface area contributed by atoms with E-state index < -0.39 is 0 Å². The fourth-order valence-electron chi connectivity index (χ4n) is 0.205. The Morgan fingerprint density at radius 3 is 1.58 bits per heavy atom. The topological polar surface area (TPSA) is 38.7 Å². The van der Waals surface area contributed by atoms with Crippen LogP contribution in [0.15, 0.2) is 18.5 Å². The van der Waals surface area contributed by atoms with Gasteiger partial charge in [0.15, 0.2) is 0 Å². The molecule has 0 bridgehead atoms. The Morgan fingerprint density at radius 1 is 1.08 bits per heavy atom. The first-order chi connectivity index (χ1) is 5.56. The number of hydrogen-bond acceptors (Lipinski definition) is 3. The van der Waals surface area contributed by atoms with Crippen LogP contribution in [0, 0.1) is 5.41 Å². The lowest BCUT2D eigenvalue weighted by Gasteiger charge is -2.12. The highest BCUT2D eigenvalue weighted by atomic mass is 15.3. The van der Waals surface area contributed by atoms with E-state index >= 15 is 0 Å². The summed E-state index contributed by atoms with van der Waals surface area (Å²) in [5, 5.41) is 10.1. The summed E-state index contributed by atoms with van der Waals surface area (Å²) in [5.74, 6) is 0. The third-order valence-electron chi connectivity index (χ3n) is 1.47. The van der Waals surface area contributed by atoms with Gasteiger partial charge in [-0.3, -0.25) is 0 Å². The van der Waals surface area contributed by atoms with Crippen LogP contribution in [0.3, 0.4) is 0 Å². The molecule has 0 unspecified atom stereocenters. The SMILES string of the molecule is CCC(C)(C)C.c1cnnnc1. The van der Waals surface area contributed by atoms with E-state index in [9.17, 15) is 0 Å². The Morgan fingerprint density at radius 2 is 1.50 bits per heavy atom. The van der Waals surface area contributed by atoms with Crippen LogP contribution in [0.5, 0.6) is 0 Å². The highest BCUT2D eigenvalue weighted by Crippen LogP contribution is 2.16. The molecule has 1 aromatic heterocycles. The van der Waals surface area contributed by atoms with E-state index in [1.807, 2.05) is 0 Å². The van der Waals surface area contributed by atoms with Crippen LogP contribution in [0.4, 0.5) is 0 Å². The highest BCUT2D eigenvalue weighted by Gasteiger charge is 2.03. The molecular formula is C9H17N3. The van der Waals surface area contributed by atoms with Gasteiger partial charge in [-0.15, -0.1) is 10.2 Å². The fraction of sp³-hybridized carbons (Fsp3) is 0.667. The van der Waals surface area contributed by atoms with E-state index in [0.29, 0.717) is 5.41 Å². The molecule has 1 rings (SSSR count). The first-order valence-corrected chi connectivity index (χ1v) is 4.14. The lowest BCUT2D eigenvalue weighted by Crippen LogP contribution is -2.00. The maximum Gasteiger partial charge on any atom is 0.0529 e. The molecule has 1 heterocycles. The highest BCUT2D eigenvalue weighted by molar-refractivity contribution is 4.69. The lowest BCUT2D eigenvalue weighted by molar-refractivity contribution is 0.398. The summed E-state index contributed by atoms with van der Waals surface area (Å²) in [7, 11) is 0. The molecule has 0 radical (unpaired) electrons. The van der Waals surface area contributed by atoms with E-state index in [2.05, 4.69) is 43.1 Å². The van der Waals surface area contributed by atoms with E-state index in [0.717, 1.165) is 0 Å². The van der Waals surface area contributed by atoms with Crippen LogP contribution in [0.2, 0.25) is 0 Å². The Kier molecular flexibility index (Phi) is 5.17. The molecule has 1 aromatic rings. The molecule has 0 aliphatic carbocycles. The molecule has 12 heavy (non-hydrogen) atoms. The van der Waals surface area contributed by atoms with Crippen molar-refractivity contribution >= 4 is 0 Å². The zero-order valence-corrected chi connectivity index (χ0v) is 8.28. The molecule has 3 nitrogen and oxygen atoms in total. The predicted octanol–water partition coefficient (Wildman–Crippen LogP) is 2.31. The monoisotopic (exact) mass is 167 g/mol. The molecule has 0 aliphatic heterocycles. The number of aromatic nitrogens is 3. The first-order valence-electron chi connectivity index (χ1n) is 4.14. The van der Waals surface area contributed by atoms with Crippen LogP contribution in [-0.2, 0) is 0 Å². The quantitative estimate of drug-likeness (QED) is 0.595. The predicted molar refractivity (Wildman–Crippen MR) is 49.6 cm³/mol. The Labute approximate surface area is 74.2 Å². The molecule has 0 amide bonds. The Balaban J connectivity index is 0.000000202. The van der Waals surface area contributed by atoms with Gasteiger partial charge in [-0.2, -0.15) is 0 Å². The van der Waals surface area contributed by atoms with Gasteiger partial charge in [0.05, 0.1) is 12.4 Å². The van der Waals surface area contributed by atoms with E-state index in [-0.39, 0.29) is 0 Å². The van der Waals surface area contributed by atoms with E-state index in [4.69, 9.17) is 0 Å². The van der Waals surface area contributed by atoms with Crippen molar-refractivity contribution in [1.29, 1.82) is 0 Å². The van der Waals surface area contributed by atoms with Gasteiger partial charge in [-0.05, 0) is 16.7 Å². The molecule has 0 saturated heterocycles. The summed E-state index contributed by atoms with van der Waals surface area (Å²) >= 11 is 0. The van der Waals surface area contributed by atoms with E-state index in [1.54, 1.807) is 18.5 Å². The number of hydrogen-bond donors (Lipinski definition) is 0. The van der Waals surface area contributed by atoms with Gasteiger partial charge in [0.25, 0.3) is 0 Å². The van der Waals surface area contributed by atoms with Crippen molar-refractivity contribution < 1.29 is 0 Å². The maximum absolute atomic E-state index is 3.42. The van der Waals surface area contributed by atoms with Crippen molar-refractivity contribution in [3.63, 3.8) is 0 Å². The molecule has 68 valence electrons. The van der Waals surface area contributed by atoms with Crippen LogP contribution in [0.25, 0.3) is 0 Å². The second kappa shape index (κ2) is 5.63. The second-order valence-electron chi connectivity index (χ2n) is 3.73.